The number of carbonyl (C=O) groups is 1. The predicted octanol–water partition coefficient (Wildman–Crippen LogP) is 3.71. The molecule has 0 unspecified atom stereocenters. The Bertz CT molecular complexity index is 555. The van der Waals surface area contributed by atoms with Crippen LogP contribution in [0.2, 0.25) is 0 Å². The smallest absolute Gasteiger partial charge is 0.330 e. The number of carbonyl (C=O) groups excluding carboxylic acids is 1. The third-order valence-electron chi connectivity index (χ3n) is 3.23. The van der Waals surface area contributed by atoms with E-state index in [1.54, 1.807) is 39.5 Å². The van der Waals surface area contributed by atoms with Crippen molar-refractivity contribution in [2.24, 2.45) is 5.41 Å². The van der Waals surface area contributed by atoms with Crippen LogP contribution in [0.3, 0.4) is 0 Å². The summed E-state index contributed by atoms with van der Waals surface area (Å²) in [5.74, 6) is 1.33. The Kier molecular flexibility index (Phi) is 6.94. The standard InChI is InChI=1S/C18H26O5/c1-18(2,3)9-10-23-17(19)8-7-13-11-15(21-5)16(22-6)12-14(13)20-4/h7-8,11-12H,9-10H2,1-6H3/b8-7+. The van der Waals surface area contributed by atoms with Crippen molar-refractivity contribution in [3.8, 4) is 17.2 Å². The number of methoxy groups -OCH3 is 3. The van der Waals surface area contributed by atoms with Gasteiger partial charge in [0.1, 0.15) is 5.75 Å². The van der Waals surface area contributed by atoms with E-state index in [1.165, 1.54) is 6.08 Å². The summed E-state index contributed by atoms with van der Waals surface area (Å²) in [5.41, 5.74) is 0.842. The van der Waals surface area contributed by atoms with Crippen molar-refractivity contribution in [3.63, 3.8) is 0 Å². The molecule has 1 rings (SSSR count). The lowest BCUT2D eigenvalue weighted by molar-refractivity contribution is -0.138. The summed E-state index contributed by atoms with van der Waals surface area (Å²) in [6.07, 6.45) is 3.83. The van der Waals surface area contributed by atoms with Crippen LogP contribution in [0, 0.1) is 5.41 Å². The molecule has 0 saturated carbocycles. The summed E-state index contributed by atoms with van der Waals surface area (Å²) >= 11 is 0. The highest BCUT2D eigenvalue weighted by molar-refractivity contribution is 5.87. The third-order valence-corrected chi connectivity index (χ3v) is 3.23. The normalized spacial score (nSPS) is 11.4. The van der Waals surface area contributed by atoms with E-state index >= 15 is 0 Å². The van der Waals surface area contributed by atoms with Crippen LogP contribution < -0.4 is 14.2 Å². The zero-order valence-electron chi connectivity index (χ0n) is 14.8. The van der Waals surface area contributed by atoms with Crippen LogP contribution in [-0.2, 0) is 9.53 Å². The minimum atomic E-state index is -0.383. The molecule has 5 nitrogen and oxygen atoms in total. The second kappa shape index (κ2) is 8.46. The molecule has 0 aliphatic heterocycles. The van der Waals surface area contributed by atoms with Crippen LogP contribution >= 0.6 is 0 Å². The Labute approximate surface area is 138 Å². The molecular weight excluding hydrogens is 296 g/mol. The fourth-order valence-electron chi connectivity index (χ4n) is 1.85. The highest BCUT2D eigenvalue weighted by atomic mass is 16.5. The molecule has 0 spiro atoms. The molecule has 0 amide bonds. The van der Waals surface area contributed by atoms with Crippen molar-refractivity contribution in [3.05, 3.63) is 23.8 Å². The molecule has 0 saturated heterocycles. The number of hydrogen-bond donors (Lipinski definition) is 0. The molecule has 0 aromatic heterocycles. The molecule has 0 bridgehead atoms. The van der Waals surface area contributed by atoms with Gasteiger partial charge >= 0.3 is 5.97 Å². The van der Waals surface area contributed by atoms with Gasteiger partial charge in [-0.15, -0.1) is 0 Å². The summed E-state index contributed by atoms with van der Waals surface area (Å²) in [4.78, 5) is 11.8. The van der Waals surface area contributed by atoms with Gasteiger partial charge in [0, 0.05) is 17.7 Å². The molecule has 5 heteroatoms. The van der Waals surface area contributed by atoms with Gasteiger partial charge in [0.15, 0.2) is 11.5 Å². The molecule has 0 aliphatic rings. The third kappa shape index (κ3) is 6.22. The molecule has 0 fully saturated rings. The lowest BCUT2D eigenvalue weighted by atomic mass is 9.93. The number of esters is 1. The first-order valence-electron chi connectivity index (χ1n) is 7.45. The Hall–Kier alpha value is -2.17. The molecule has 1 aromatic rings. The first-order valence-corrected chi connectivity index (χ1v) is 7.45. The molecule has 0 N–H and O–H groups in total. The molecular formula is C18H26O5. The van der Waals surface area contributed by atoms with Gasteiger partial charge in [0.05, 0.1) is 27.9 Å². The fraction of sp³-hybridized carbons (Fsp3) is 0.500. The maximum Gasteiger partial charge on any atom is 0.330 e. The van der Waals surface area contributed by atoms with E-state index in [0.29, 0.717) is 29.4 Å². The number of benzene rings is 1. The minimum Gasteiger partial charge on any atom is -0.496 e. The van der Waals surface area contributed by atoms with Crippen LogP contribution in [0.5, 0.6) is 17.2 Å². The lowest BCUT2D eigenvalue weighted by Crippen LogP contribution is -2.11. The zero-order valence-corrected chi connectivity index (χ0v) is 14.8. The highest BCUT2D eigenvalue weighted by Crippen LogP contribution is 2.35. The lowest BCUT2D eigenvalue weighted by Gasteiger charge is -2.17. The Morgan fingerprint density at radius 1 is 1.00 bits per heavy atom. The Morgan fingerprint density at radius 2 is 1.57 bits per heavy atom. The number of hydrogen-bond acceptors (Lipinski definition) is 5. The summed E-state index contributed by atoms with van der Waals surface area (Å²) in [7, 11) is 4.66. The topological polar surface area (TPSA) is 54.0 Å². The molecule has 0 aliphatic carbocycles. The average Bonchev–Trinajstić information content (AvgIpc) is 2.50. The average molecular weight is 322 g/mol. The van der Waals surface area contributed by atoms with Gasteiger partial charge in [0.25, 0.3) is 0 Å². The summed E-state index contributed by atoms with van der Waals surface area (Å²) in [5, 5.41) is 0. The van der Waals surface area contributed by atoms with E-state index in [-0.39, 0.29) is 11.4 Å². The largest absolute Gasteiger partial charge is 0.496 e. The van der Waals surface area contributed by atoms with Gasteiger partial charge < -0.3 is 18.9 Å². The van der Waals surface area contributed by atoms with Crippen molar-refractivity contribution in [1.29, 1.82) is 0 Å². The minimum absolute atomic E-state index is 0.135. The maximum absolute atomic E-state index is 11.8. The van der Waals surface area contributed by atoms with Crippen LogP contribution in [-0.4, -0.2) is 33.9 Å². The highest BCUT2D eigenvalue weighted by Gasteiger charge is 2.12. The second-order valence-corrected chi connectivity index (χ2v) is 6.26. The van der Waals surface area contributed by atoms with Gasteiger partial charge in [-0.05, 0) is 24.0 Å². The molecule has 0 radical (unpaired) electrons. The Balaban J connectivity index is 2.80. The van der Waals surface area contributed by atoms with E-state index in [1.807, 2.05) is 0 Å². The van der Waals surface area contributed by atoms with Crippen molar-refractivity contribution < 1.29 is 23.7 Å². The van der Waals surface area contributed by atoms with Gasteiger partial charge in [-0.2, -0.15) is 0 Å². The SMILES string of the molecule is COc1cc(OC)c(OC)cc1/C=C/C(=O)OCCC(C)(C)C. The van der Waals surface area contributed by atoms with Gasteiger partial charge in [-0.3, -0.25) is 0 Å². The van der Waals surface area contributed by atoms with Crippen LogP contribution in [0.4, 0.5) is 0 Å². The molecule has 0 heterocycles. The summed E-state index contributed by atoms with van der Waals surface area (Å²) in [6.45, 7) is 6.71. The first-order chi connectivity index (χ1) is 10.8. The first kappa shape index (κ1) is 18.9. The van der Waals surface area contributed by atoms with Crippen molar-refractivity contribution in [2.75, 3.05) is 27.9 Å². The van der Waals surface area contributed by atoms with E-state index in [2.05, 4.69) is 20.8 Å². The van der Waals surface area contributed by atoms with E-state index in [0.717, 1.165) is 6.42 Å². The van der Waals surface area contributed by atoms with E-state index in [4.69, 9.17) is 18.9 Å². The van der Waals surface area contributed by atoms with E-state index < -0.39 is 0 Å². The molecule has 0 atom stereocenters. The molecule has 23 heavy (non-hydrogen) atoms. The van der Waals surface area contributed by atoms with Gasteiger partial charge in [-0.1, -0.05) is 20.8 Å². The van der Waals surface area contributed by atoms with Crippen LogP contribution in [0.25, 0.3) is 6.08 Å². The zero-order chi connectivity index (χ0) is 17.5. The number of ether oxygens (including phenoxy) is 4. The van der Waals surface area contributed by atoms with Crippen molar-refractivity contribution >= 4 is 12.0 Å². The molecule has 1 aromatic carbocycles. The maximum atomic E-state index is 11.8. The number of rotatable bonds is 7. The second-order valence-electron chi connectivity index (χ2n) is 6.26. The Morgan fingerprint density at radius 3 is 2.09 bits per heavy atom. The summed E-state index contributed by atoms with van der Waals surface area (Å²) < 4.78 is 21.0. The van der Waals surface area contributed by atoms with Crippen LogP contribution in [0.1, 0.15) is 32.8 Å². The quantitative estimate of drug-likeness (QED) is 0.566. The van der Waals surface area contributed by atoms with Crippen molar-refractivity contribution in [1.82, 2.24) is 0 Å². The molecule has 128 valence electrons. The van der Waals surface area contributed by atoms with E-state index in [9.17, 15) is 4.79 Å². The van der Waals surface area contributed by atoms with Gasteiger partial charge in [-0.25, -0.2) is 4.79 Å². The monoisotopic (exact) mass is 322 g/mol. The van der Waals surface area contributed by atoms with Crippen molar-refractivity contribution in [2.45, 2.75) is 27.2 Å². The summed E-state index contributed by atoms with van der Waals surface area (Å²) in [6, 6.07) is 3.46. The van der Waals surface area contributed by atoms with Gasteiger partial charge in [0.2, 0.25) is 0 Å². The fourth-order valence-corrected chi connectivity index (χ4v) is 1.85. The predicted molar refractivity (Wildman–Crippen MR) is 90.2 cm³/mol. The van der Waals surface area contributed by atoms with Crippen LogP contribution in [0.15, 0.2) is 18.2 Å².